The van der Waals surface area contributed by atoms with Gasteiger partial charge in [0.25, 0.3) is 0 Å². The second-order valence-corrected chi connectivity index (χ2v) is 21.7. The highest BCUT2D eigenvalue weighted by molar-refractivity contribution is 9.11. The van der Waals surface area contributed by atoms with Crippen molar-refractivity contribution in [2.45, 2.75) is 0 Å². The normalized spacial score (nSPS) is 11.4. The SMILES string of the molecule is Brc1cc(-c2cccc3c2sc2ccc(N(c4ccccc4)c4ccccc4)cc23)cc2c1sc1ccccc12.Brc1ccc(-c2cccc(N(c3ccccc3)c3ccccc3)c2)c2c1oc1ccccc12. The van der Waals surface area contributed by atoms with Gasteiger partial charge in [0.2, 0.25) is 0 Å². The molecule has 73 heavy (non-hydrogen) atoms. The van der Waals surface area contributed by atoms with Crippen molar-refractivity contribution >= 4 is 151 Å². The molecule has 14 rings (SSSR count). The Morgan fingerprint density at radius 2 is 0.849 bits per heavy atom. The van der Waals surface area contributed by atoms with E-state index in [0.29, 0.717) is 0 Å². The molecule has 3 aromatic heterocycles. The molecule has 0 saturated carbocycles. The van der Waals surface area contributed by atoms with Crippen LogP contribution in [0.3, 0.4) is 0 Å². The first-order valence-corrected chi connectivity index (χ1v) is 27.3. The lowest BCUT2D eigenvalue weighted by molar-refractivity contribution is 0.667. The van der Waals surface area contributed by atoms with Gasteiger partial charge >= 0.3 is 0 Å². The molecule has 0 amide bonds. The van der Waals surface area contributed by atoms with Crippen molar-refractivity contribution in [3.05, 3.63) is 264 Å². The molecule has 0 fully saturated rings. The first-order chi connectivity index (χ1) is 36.0. The summed E-state index contributed by atoms with van der Waals surface area (Å²) in [6.07, 6.45) is 0. The van der Waals surface area contributed by atoms with E-state index in [2.05, 4.69) is 272 Å². The molecule has 0 aliphatic carbocycles. The van der Waals surface area contributed by atoms with E-state index in [0.717, 1.165) is 76.1 Å². The van der Waals surface area contributed by atoms with Crippen molar-refractivity contribution in [2.75, 3.05) is 9.80 Å². The summed E-state index contributed by atoms with van der Waals surface area (Å²) < 4.78 is 13.6. The molecule has 348 valence electrons. The summed E-state index contributed by atoms with van der Waals surface area (Å²) in [6, 6.07) is 90.3. The van der Waals surface area contributed by atoms with E-state index in [1.807, 2.05) is 46.9 Å². The number of benzene rings is 11. The number of rotatable bonds is 8. The maximum Gasteiger partial charge on any atom is 0.150 e. The third-order valence-electron chi connectivity index (χ3n) is 13.4. The molecule has 0 spiro atoms. The van der Waals surface area contributed by atoms with Gasteiger partial charge < -0.3 is 14.2 Å². The van der Waals surface area contributed by atoms with E-state index in [-0.39, 0.29) is 0 Å². The molecule has 11 aromatic carbocycles. The van der Waals surface area contributed by atoms with Gasteiger partial charge in [0.15, 0.2) is 0 Å². The summed E-state index contributed by atoms with van der Waals surface area (Å²) in [5, 5.41) is 7.47. The maximum atomic E-state index is 6.20. The Balaban J connectivity index is 0.000000144. The van der Waals surface area contributed by atoms with Gasteiger partial charge in [0.05, 0.1) is 4.47 Å². The minimum Gasteiger partial charge on any atom is -0.455 e. The predicted molar refractivity (Wildman–Crippen MR) is 322 cm³/mol. The quantitative estimate of drug-likeness (QED) is 0.151. The van der Waals surface area contributed by atoms with Gasteiger partial charge in [-0.1, -0.05) is 146 Å². The Morgan fingerprint density at radius 1 is 0.315 bits per heavy atom. The Kier molecular flexibility index (Phi) is 11.9. The molecule has 0 N–H and O–H groups in total. The fraction of sp³-hybridized carbons (Fsp3) is 0. The van der Waals surface area contributed by atoms with E-state index in [4.69, 9.17) is 4.42 Å². The van der Waals surface area contributed by atoms with Crippen LogP contribution in [0.1, 0.15) is 0 Å². The molecule has 14 aromatic rings. The lowest BCUT2D eigenvalue weighted by atomic mass is 9.98. The fourth-order valence-corrected chi connectivity index (χ4v) is 13.6. The Morgan fingerprint density at radius 3 is 1.52 bits per heavy atom. The van der Waals surface area contributed by atoms with Crippen LogP contribution in [0.15, 0.2) is 268 Å². The van der Waals surface area contributed by atoms with Gasteiger partial charge in [-0.3, -0.25) is 0 Å². The Hall–Kier alpha value is -7.78. The Labute approximate surface area is 447 Å². The molecular weight excluding hydrogens is 1060 g/mol. The Bertz CT molecular complexity index is 4230. The van der Waals surface area contributed by atoms with Gasteiger partial charge in [-0.05, 0) is 163 Å². The zero-order chi connectivity index (χ0) is 48.8. The van der Waals surface area contributed by atoms with Crippen LogP contribution >= 0.6 is 54.5 Å². The van der Waals surface area contributed by atoms with Gasteiger partial charge in [-0.15, -0.1) is 22.7 Å². The number of halogens is 2. The topological polar surface area (TPSA) is 19.6 Å². The van der Waals surface area contributed by atoms with E-state index in [1.54, 1.807) is 0 Å². The standard InChI is InChI=1S/C36H22BrNS2.C30H20BrNO/c37-32-21-23(20-31-28-14-7-8-17-33(28)40-36(31)32)27-15-9-16-29-30-22-26(18-19-34(30)39-35(27)29)38(24-10-3-1-4-11-24)25-12-5-2-6-13-25;31-27-19-18-25(29-26-16-7-8-17-28(26)33-30(27)29)21-10-9-15-24(20-21)32(22-11-3-1-4-12-22)23-13-5-2-6-14-23/h1-22H;1-20H. The molecule has 7 heteroatoms. The highest BCUT2D eigenvalue weighted by Crippen LogP contribution is 2.47. The van der Waals surface area contributed by atoms with Crippen LogP contribution in [0.25, 0.3) is 84.5 Å². The molecule has 0 atom stereocenters. The lowest BCUT2D eigenvalue weighted by Gasteiger charge is -2.26. The van der Waals surface area contributed by atoms with Gasteiger partial charge in [0, 0.05) is 89.7 Å². The number of furan rings is 1. The molecule has 0 unspecified atom stereocenters. The van der Waals surface area contributed by atoms with Crippen molar-refractivity contribution < 1.29 is 4.42 Å². The summed E-state index contributed by atoms with van der Waals surface area (Å²) in [5.41, 5.74) is 13.4. The van der Waals surface area contributed by atoms with Crippen LogP contribution in [-0.4, -0.2) is 0 Å². The number of nitrogens with zero attached hydrogens (tertiary/aromatic N) is 2. The second kappa shape index (κ2) is 19.3. The second-order valence-electron chi connectivity index (χ2n) is 17.9. The predicted octanol–water partition coefficient (Wildman–Crippen LogP) is 21.8. The summed E-state index contributed by atoms with van der Waals surface area (Å²) >= 11 is 11.3. The van der Waals surface area contributed by atoms with E-state index < -0.39 is 0 Å². The largest absolute Gasteiger partial charge is 0.455 e. The maximum absolute atomic E-state index is 6.20. The van der Waals surface area contributed by atoms with E-state index in [1.165, 1.54) is 51.5 Å². The number of hydrogen-bond donors (Lipinski definition) is 0. The summed E-state index contributed by atoms with van der Waals surface area (Å²) in [7, 11) is 0. The van der Waals surface area contributed by atoms with E-state index in [9.17, 15) is 0 Å². The van der Waals surface area contributed by atoms with Gasteiger partial charge in [-0.2, -0.15) is 0 Å². The molecule has 0 saturated heterocycles. The third-order valence-corrected chi connectivity index (χ3v) is 17.4. The number of anilines is 6. The molecule has 3 nitrogen and oxygen atoms in total. The molecule has 0 radical (unpaired) electrons. The summed E-state index contributed by atoms with van der Waals surface area (Å²) in [6.45, 7) is 0. The fourth-order valence-electron chi connectivity index (χ4n) is 10.1. The summed E-state index contributed by atoms with van der Waals surface area (Å²) in [5.74, 6) is 0. The number of thiophene rings is 2. The highest BCUT2D eigenvalue weighted by atomic mass is 79.9. The molecular formula is C66H42Br2N2OS2. The minimum atomic E-state index is 0.877. The monoisotopic (exact) mass is 1100 g/mol. The summed E-state index contributed by atoms with van der Waals surface area (Å²) in [4.78, 5) is 4.62. The number of para-hydroxylation sites is 5. The van der Waals surface area contributed by atoms with Gasteiger partial charge in [-0.25, -0.2) is 0 Å². The smallest absolute Gasteiger partial charge is 0.150 e. The van der Waals surface area contributed by atoms with Crippen LogP contribution < -0.4 is 9.80 Å². The number of hydrogen-bond acceptors (Lipinski definition) is 5. The van der Waals surface area contributed by atoms with E-state index >= 15 is 0 Å². The van der Waals surface area contributed by atoms with Crippen LogP contribution in [0, 0.1) is 0 Å². The zero-order valence-electron chi connectivity index (χ0n) is 39.1. The van der Waals surface area contributed by atoms with Crippen molar-refractivity contribution in [2.24, 2.45) is 0 Å². The van der Waals surface area contributed by atoms with Gasteiger partial charge in [0.1, 0.15) is 11.2 Å². The first-order valence-electron chi connectivity index (χ1n) is 24.1. The molecule has 0 aliphatic rings. The van der Waals surface area contributed by atoms with Crippen LogP contribution in [-0.2, 0) is 0 Å². The molecule has 3 heterocycles. The van der Waals surface area contributed by atoms with Crippen LogP contribution in [0.2, 0.25) is 0 Å². The molecule has 0 aliphatic heterocycles. The highest BCUT2D eigenvalue weighted by Gasteiger charge is 2.20. The average molecular weight is 1100 g/mol. The number of fused-ring (bicyclic) bond motifs is 9. The van der Waals surface area contributed by atoms with Crippen molar-refractivity contribution in [1.29, 1.82) is 0 Å². The zero-order valence-corrected chi connectivity index (χ0v) is 43.9. The van der Waals surface area contributed by atoms with Crippen LogP contribution in [0.4, 0.5) is 34.1 Å². The molecule has 0 bridgehead atoms. The van der Waals surface area contributed by atoms with Crippen LogP contribution in [0.5, 0.6) is 0 Å². The minimum absolute atomic E-state index is 0.877. The lowest BCUT2D eigenvalue weighted by Crippen LogP contribution is -2.09. The average Bonchev–Trinajstić information content (AvgIpc) is 4.16. The first kappa shape index (κ1) is 45.1. The van der Waals surface area contributed by atoms with Crippen molar-refractivity contribution in [1.82, 2.24) is 0 Å². The van der Waals surface area contributed by atoms with Crippen molar-refractivity contribution in [3.8, 4) is 22.3 Å². The van der Waals surface area contributed by atoms with Crippen molar-refractivity contribution in [3.63, 3.8) is 0 Å². The third kappa shape index (κ3) is 8.38.